The predicted molar refractivity (Wildman–Crippen MR) is 136 cm³/mol. The van der Waals surface area contributed by atoms with Gasteiger partial charge in [0.1, 0.15) is 16.5 Å². The summed E-state index contributed by atoms with van der Waals surface area (Å²) >= 11 is 12.4. The number of H-pyrrole nitrogens is 1. The summed E-state index contributed by atoms with van der Waals surface area (Å²) in [5, 5.41) is 7.65. The van der Waals surface area contributed by atoms with E-state index in [1.165, 1.54) is 18.6 Å². The van der Waals surface area contributed by atoms with Crippen LogP contribution >= 0.6 is 23.2 Å². The summed E-state index contributed by atoms with van der Waals surface area (Å²) in [6, 6.07) is 6.59. The maximum absolute atomic E-state index is 14.6. The van der Waals surface area contributed by atoms with Crippen LogP contribution in [0.4, 0.5) is 17.6 Å². The number of halogens is 6. The number of aliphatic carboxylic acids is 1. The molecular weight excluding hydrogens is 567 g/mol. The molecule has 1 amide bonds. The fraction of sp³-hybridized carbons (Fsp3) is 0.400. The zero-order valence-electron chi connectivity index (χ0n) is 20.4. The molecule has 39 heavy (non-hydrogen) atoms. The molecule has 0 atom stereocenters. The molecule has 210 valence electrons. The van der Waals surface area contributed by atoms with Gasteiger partial charge >= 0.3 is 12.1 Å². The molecule has 0 spiro atoms. The SMILES string of the molecule is O=C(O)C(F)(F)F.O=C(c1cc(Cc2c[nH]c(=O)c3cc(Cl)c(Cl)n23)ccc1F)N1CCC(N2CCC2)CC1. The standard InChI is InChI=1S/C23H23Cl2FN4O2.C2HF3O2/c24-18-12-20-22(31)27-13-16(30(20)21(18)25)10-14-2-3-19(26)17(11-14)23(32)29-8-4-15(5-9-29)28-6-1-7-28;3-2(4,5)1(6)7/h2-3,11-13,15H,1,4-10H2,(H,27,31);(H,6,7). The van der Waals surface area contributed by atoms with E-state index in [0.29, 0.717) is 36.8 Å². The van der Waals surface area contributed by atoms with Gasteiger partial charge in [-0.05, 0) is 56.1 Å². The highest BCUT2D eigenvalue weighted by atomic mass is 35.5. The lowest BCUT2D eigenvalue weighted by molar-refractivity contribution is -0.192. The third kappa shape index (κ3) is 6.39. The van der Waals surface area contributed by atoms with Crippen LogP contribution < -0.4 is 5.56 Å². The zero-order valence-corrected chi connectivity index (χ0v) is 21.9. The Morgan fingerprint density at radius 3 is 2.28 bits per heavy atom. The number of hydrogen-bond donors (Lipinski definition) is 2. The molecule has 0 saturated carbocycles. The van der Waals surface area contributed by atoms with Crippen LogP contribution in [0.15, 0.2) is 35.3 Å². The van der Waals surface area contributed by atoms with Crippen LogP contribution in [0.3, 0.4) is 0 Å². The number of hydrogen-bond acceptors (Lipinski definition) is 4. The van der Waals surface area contributed by atoms with Gasteiger partial charge in [0.25, 0.3) is 11.5 Å². The average Bonchev–Trinajstić information content (AvgIpc) is 3.16. The summed E-state index contributed by atoms with van der Waals surface area (Å²) in [7, 11) is 0. The highest BCUT2D eigenvalue weighted by Gasteiger charge is 2.38. The summed E-state index contributed by atoms with van der Waals surface area (Å²) in [6.45, 7) is 3.57. The van der Waals surface area contributed by atoms with Crippen LogP contribution in [0.5, 0.6) is 0 Å². The molecule has 2 fully saturated rings. The van der Waals surface area contributed by atoms with Crippen LogP contribution in [0, 0.1) is 5.82 Å². The van der Waals surface area contributed by atoms with Crippen LogP contribution in [-0.2, 0) is 11.2 Å². The van der Waals surface area contributed by atoms with Crippen molar-refractivity contribution in [2.45, 2.75) is 37.9 Å². The van der Waals surface area contributed by atoms with E-state index in [9.17, 15) is 27.2 Å². The second-order valence-corrected chi connectivity index (χ2v) is 10.1. The quantitative estimate of drug-likeness (QED) is 0.433. The van der Waals surface area contributed by atoms with Gasteiger partial charge in [-0.2, -0.15) is 13.2 Å². The Labute approximate surface area is 229 Å². The second-order valence-electron chi connectivity index (χ2n) is 9.32. The maximum atomic E-state index is 14.6. The number of alkyl halides is 3. The fourth-order valence-corrected chi connectivity index (χ4v) is 5.13. The number of carbonyl (C=O) groups excluding carboxylic acids is 1. The van der Waals surface area contributed by atoms with Crippen molar-refractivity contribution in [3.05, 3.63) is 73.6 Å². The Morgan fingerprint density at radius 1 is 1.08 bits per heavy atom. The number of nitrogens with one attached hydrogen (secondary N) is 1. The fourth-order valence-electron chi connectivity index (χ4n) is 4.69. The molecule has 2 saturated heterocycles. The molecule has 14 heteroatoms. The average molecular weight is 591 g/mol. The van der Waals surface area contributed by atoms with E-state index in [-0.39, 0.29) is 27.2 Å². The number of aromatic amines is 1. The number of benzene rings is 1. The van der Waals surface area contributed by atoms with Crippen molar-refractivity contribution < 1.29 is 32.3 Å². The molecule has 0 bridgehead atoms. The molecular formula is C25H24Cl2F4N4O4. The van der Waals surface area contributed by atoms with Crippen LogP contribution in [-0.4, -0.2) is 74.6 Å². The third-order valence-corrected chi connectivity index (χ3v) is 7.59. The summed E-state index contributed by atoms with van der Waals surface area (Å²) in [6.07, 6.45) is -0.0810. The summed E-state index contributed by atoms with van der Waals surface area (Å²) in [5.41, 5.74) is 1.51. The third-order valence-electron chi connectivity index (χ3n) is 6.84. The van der Waals surface area contributed by atoms with E-state index >= 15 is 0 Å². The number of nitrogens with zero attached hydrogens (tertiary/aromatic N) is 3. The van der Waals surface area contributed by atoms with Gasteiger partial charge in [-0.15, -0.1) is 0 Å². The molecule has 2 N–H and O–H groups in total. The number of aromatic nitrogens is 2. The lowest BCUT2D eigenvalue weighted by atomic mass is 9.98. The van der Waals surface area contributed by atoms with E-state index in [1.54, 1.807) is 27.6 Å². The molecule has 5 rings (SSSR count). The zero-order chi connectivity index (χ0) is 28.5. The maximum Gasteiger partial charge on any atom is 0.490 e. The molecule has 2 aromatic heterocycles. The largest absolute Gasteiger partial charge is 0.490 e. The number of likely N-dealkylation sites (tertiary alicyclic amines) is 2. The lowest BCUT2D eigenvalue weighted by Crippen LogP contribution is -2.51. The Kier molecular flexibility index (Phi) is 8.57. The van der Waals surface area contributed by atoms with Crippen molar-refractivity contribution in [2.75, 3.05) is 26.2 Å². The minimum Gasteiger partial charge on any atom is -0.475 e. The Balaban J connectivity index is 0.000000448. The monoisotopic (exact) mass is 590 g/mol. The number of carboxylic acids is 1. The number of rotatable bonds is 4. The van der Waals surface area contributed by atoms with Crippen LogP contribution in [0.25, 0.3) is 5.52 Å². The first-order valence-electron chi connectivity index (χ1n) is 12.1. The number of piperidine rings is 1. The first-order chi connectivity index (χ1) is 18.4. The highest BCUT2D eigenvalue weighted by molar-refractivity contribution is 6.42. The van der Waals surface area contributed by atoms with Gasteiger partial charge in [-0.3, -0.25) is 14.0 Å². The normalized spacial score (nSPS) is 16.5. The Hall–Kier alpha value is -3.09. The first-order valence-corrected chi connectivity index (χ1v) is 12.8. The van der Waals surface area contributed by atoms with Gasteiger partial charge in [0.05, 0.1) is 10.6 Å². The Morgan fingerprint density at radius 2 is 1.72 bits per heavy atom. The van der Waals surface area contributed by atoms with Gasteiger partial charge in [0.2, 0.25) is 0 Å². The van der Waals surface area contributed by atoms with Crippen molar-refractivity contribution in [3.8, 4) is 0 Å². The molecule has 0 radical (unpaired) electrons. The van der Waals surface area contributed by atoms with Crippen molar-refractivity contribution in [1.82, 2.24) is 19.2 Å². The number of fused-ring (bicyclic) bond motifs is 1. The van der Waals surface area contributed by atoms with Gasteiger partial charge in [0.15, 0.2) is 0 Å². The van der Waals surface area contributed by atoms with Gasteiger partial charge in [0, 0.05) is 37.4 Å². The van der Waals surface area contributed by atoms with E-state index < -0.39 is 18.0 Å². The van der Waals surface area contributed by atoms with E-state index in [2.05, 4.69) is 9.88 Å². The van der Waals surface area contributed by atoms with Crippen LogP contribution in [0.1, 0.15) is 40.9 Å². The van der Waals surface area contributed by atoms with Crippen molar-refractivity contribution in [3.63, 3.8) is 0 Å². The Bertz CT molecular complexity index is 1440. The van der Waals surface area contributed by atoms with Gasteiger partial charge in [-0.25, -0.2) is 9.18 Å². The topological polar surface area (TPSA) is 98.1 Å². The van der Waals surface area contributed by atoms with E-state index in [4.69, 9.17) is 33.1 Å². The molecule has 4 heterocycles. The molecule has 2 aliphatic heterocycles. The molecule has 2 aliphatic rings. The first kappa shape index (κ1) is 28.9. The minimum absolute atomic E-state index is 0.0715. The number of carbonyl (C=O) groups is 2. The molecule has 8 nitrogen and oxygen atoms in total. The van der Waals surface area contributed by atoms with E-state index in [0.717, 1.165) is 31.5 Å². The van der Waals surface area contributed by atoms with Crippen molar-refractivity contribution in [2.24, 2.45) is 0 Å². The number of carboxylic acid groups (broad SMARTS) is 1. The minimum atomic E-state index is -5.08. The second kappa shape index (κ2) is 11.6. The molecule has 3 aromatic rings. The van der Waals surface area contributed by atoms with Gasteiger partial charge < -0.3 is 19.9 Å². The van der Waals surface area contributed by atoms with E-state index in [1.807, 2.05) is 0 Å². The highest BCUT2D eigenvalue weighted by Crippen LogP contribution is 2.27. The lowest BCUT2D eigenvalue weighted by Gasteiger charge is -2.43. The number of amides is 1. The summed E-state index contributed by atoms with van der Waals surface area (Å²) in [4.78, 5) is 41.0. The summed E-state index contributed by atoms with van der Waals surface area (Å²) in [5.74, 6) is -3.56. The van der Waals surface area contributed by atoms with Gasteiger partial charge in [-0.1, -0.05) is 29.3 Å². The van der Waals surface area contributed by atoms with Crippen LogP contribution in [0.2, 0.25) is 10.2 Å². The smallest absolute Gasteiger partial charge is 0.475 e. The van der Waals surface area contributed by atoms with Crippen molar-refractivity contribution >= 4 is 40.6 Å². The molecule has 0 unspecified atom stereocenters. The molecule has 0 aliphatic carbocycles. The predicted octanol–water partition coefficient (Wildman–Crippen LogP) is 4.61. The van der Waals surface area contributed by atoms with Crippen molar-refractivity contribution in [1.29, 1.82) is 0 Å². The molecule has 1 aromatic carbocycles. The summed E-state index contributed by atoms with van der Waals surface area (Å²) < 4.78 is 47.9.